The number of halogens is 1. The summed E-state index contributed by atoms with van der Waals surface area (Å²) in [5.41, 5.74) is 5.48. The predicted octanol–water partition coefficient (Wildman–Crippen LogP) is 10.0. The number of aliphatic carboxylic acids is 1. The average Bonchev–Trinajstić information content (AvgIpc) is 3.41. The molecular formula is C37H52ClNO5. The van der Waals surface area contributed by atoms with Gasteiger partial charge in [-0.25, -0.2) is 0 Å². The minimum atomic E-state index is -0.641. The van der Waals surface area contributed by atoms with E-state index >= 15 is 0 Å². The van der Waals surface area contributed by atoms with Crippen LogP contribution in [0.2, 0.25) is 5.02 Å². The second-order valence-corrected chi connectivity index (χ2v) is 12.1. The summed E-state index contributed by atoms with van der Waals surface area (Å²) in [6.07, 6.45) is 9.95. The number of fused-ring (bicyclic) bond motifs is 3. The number of nitrogens with zero attached hydrogens (tertiary/aromatic N) is 1. The van der Waals surface area contributed by atoms with Gasteiger partial charge in [0.15, 0.2) is 0 Å². The predicted molar refractivity (Wildman–Crippen MR) is 180 cm³/mol. The Kier molecular flexibility index (Phi) is 16.3. The van der Waals surface area contributed by atoms with E-state index in [2.05, 4.69) is 61.9 Å². The van der Waals surface area contributed by atoms with Gasteiger partial charge in [-0.2, -0.15) is 0 Å². The van der Waals surface area contributed by atoms with Gasteiger partial charge in [-0.15, -0.1) is 0 Å². The quantitative estimate of drug-likeness (QED) is 0.217. The fourth-order valence-corrected chi connectivity index (χ4v) is 5.34. The lowest BCUT2D eigenvalue weighted by atomic mass is 9.93. The highest BCUT2D eigenvalue weighted by Crippen LogP contribution is 2.41. The Labute approximate surface area is 269 Å². The van der Waals surface area contributed by atoms with Crippen molar-refractivity contribution in [3.63, 3.8) is 0 Å². The van der Waals surface area contributed by atoms with E-state index < -0.39 is 5.97 Å². The molecule has 0 aliphatic carbocycles. The molecule has 4 rings (SSSR count). The maximum absolute atomic E-state index is 10.5. The summed E-state index contributed by atoms with van der Waals surface area (Å²) in [5.74, 6) is 1.14. The summed E-state index contributed by atoms with van der Waals surface area (Å²) >= 11 is 6.32. The molecule has 0 radical (unpaired) electrons. The fourth-order valence-electron chi connectivity index (χ4n) is 5.16. The van der Waals surface area contributed by atoms with Crippen LogP contribution < -0.4 is 4.74 Å². The maximum Gasteiger partial charge on any atom is 0.303 e. The largest absolute Gasteiger partial charge is 0.496 e. The molecule has 0 amide bonds. The molecule has 0 bridgehead atoms. The minimum Gasteiger partial charge on any atom is -0.496 e. The first-order valence-electron chi connectivity index (χ1n) is 16.0. The van der Waals surface area contributed by atoms with Crippen molar-refractivity contribution in [2.45, 2.75) is 106 Å². The van der Waals surface area contributed by atoms with Crippen molar-refractivity contribution in [2.24, 2.45) is 11.8 Å². The molecular weight excluding hydrogens is 574 g/mol. The van der Waals surface area contributed by atoms with Gasteiger partial charge in [0.1, 0.15) is 17.6 Å². The number of benzene rings is 2. The molecule has 44 heavy (non-hydrogen) atoms. The number of aromatic nitrogens is 1. The lowest BCUT2D eigenvalue weighted by Gasteiger charge is -2.22. The fraction of sp³-hybridized carbons (Fsp3) is 0.514. The Morgan fingerprint density at radius 2 is 1.68 bits per heavy atom. The standard InChI is InChI=1S/C21H20ClNO2.C11H22O2.C5H10O/c1-3-14-6-4-8-17(20(14)24-2)21-18-12-15(22)9-10-19(18)23-11-5-7-16(23)13-25-21;1-3-5-7-10(8-6-4-2)9-11(12)13;1-4(2)5(3)6/h4-12,21H,3,13H2,1-2H3;10H,3-9H2,1-2H3,(H,12,13);4H,1-3H3. The van der Waals surface area contributed by atoms with Crippen molar-refractivity contribution < 1.29 is 24.2 Å². The van der Waals surface area contributed by atoms with E-state index in [-0.39, 0.29) is 17.8 Å². The van der Waals surface area contributed by atoms with Crippen LogP contribution in [0.25, 0.3) is 5.69 Å². The topological polar surface area (TPSA) is 77.8 Å². The first-order chi connectivity index (χ1) is 21.1. The van der Waals surface area contributed by atoms with Crippen LogP contribution in [-0.4, -0.2) is 28.5 Å². The molecule has 1 atom stereocenters. The van der Waals surface area contributed by atoms with Gasteiger partial charge in [-0.1, -0.05) is 90.1 Å². The lowest BCUT2D eigenvalue weighted by Crippen LogP contribution is -2.09. The number of aryl methyl sites for hydroxylation is 1. The van der Waals surface area contributed by atoms with Gasteiger partial charge >= 0.3 is 5.97 Å². The van der Waals surface area contributed by atoms with Crippen LogP contribution in [-0.2, 0) is 27.4 Å². The molecule has 3 aromatic rings. The van der Waals surface area contributed by atoms with Crippen LogP contribution in [0, 0.1) is 11.8 Å². The van der Waals surface area contributed by atoms with Gasteiger partial charge in [-0.3, -0.25) is 9.59 Å². The van der Waals surface area contributed by atoms with Crippen LogP contribution in [0.15, 0.2) is 54.7 Å². The normalized spacial score (nSPS) is 13.5. The average molecular weight is 626 g/mol. The molecule has 1 aliphatic rings. The summed E-state index contributed by atoms with van der Waals surface area (Å²) in [5, 5.41) is 9.38. The van der Waals surface area contributed by atoms with Gasteiger partial charge in [0.05, 0.1) is 19.4 Å². The van der Waals surface area contributed by atoms with Crippen molar-refractivity contribution in [1.82, 2.24) is 4.57 Å². The van der Waals surface area contributed by atoms with E-state index in [1.165, 1.54) is 31.2 Å². The monoisotopic (exact) mass is 625 g/mol. The second kappa shape index (κ2) is 19.3. The number of hydrogen-bond donors (Lipinski definition) is 1. The number of Topliss-reactive ketones (excluding diaryl/α,β-unsaturated/α-hetero) is 1. The summed E-state index contributed by atoms with van der Waals surface area (Å²) in [7, 11) is 1.72. The second-order valence-electron chi connectivity index (χ2n) is 11.7. The molecule has 2 aromatic carbocycles. The van der Waals surface area contributed by atoms with Crippen LogP contribution in [0.3, 0.4) is 0 Å². The molecule has 0 spiro atoms. The van der Waals surface area contributed by atoms with E-state index in [1.807, 2.05) is 32.0 Å². The minimum absolute atomic E-state index is 0.213. The molecule has 1 aromatic heterocycles. The molecule has 1 N–H and O–H groups in total. The first kappa shape index (κ1) is 37.1. The van der Waals surface area contributed by atoms with E-state index in [9.17, 15) is 9.59 Å². The summed E-state index contributed by atoms with van der Waals surface area (Å²) < 4.78 is 14.3. The molecule has 6 nitrogen and oxygen atoms in total. The summed E-state index contributed by atoms with van der Waals surface area (Å²) in [6, 6.07) is 16.3. The Morgan fingerprint density at radius 1 is 1.02 bits per heavy atom. The van der Waals surface area contributed by atoms with Crippen molar-refractivity contribution in [2.75, 3.05) is 7.11 Å². The van der Waals surface area contributed by atoms with Gasteiger partial charge < -0.3 is 19.1 Å². The van der Waals surface area contributed by atoms with Crippen LogP contribution in [0.5, 0.6) is 5.75 Å². The third kappa shape index (κ3) is 11.1. The van der Waals surface area contributed by atoms with Gasteiger partial charge in [0.2, 0.25) is 0 Å². The third-order valence-corrected chi connectivity index (χ3v) is 8.20. The molecule has 0 saturated carbocycles. The van der Waals surface area contributed by atoms with Gasteiger partial charge in [0, 0.05) is 40.4 Å². The number of carbonyl (C=O) groups excluding carboxylic acids is 1. The zero-order chi connectivity index (χ0) is 32.6. The Morgan fingerprint density at radius 3 is 2.23 bits per heavy atom. The number of hydrogen-bond acceptors (Lipinski definition) is 4. The third-order valence-electron chi connectivity index (χ3n) is 7.97. The van der Waals surface area contributed by atoms with Crippen LogP contribution in [0.1, 0.15) is 115 Å². The number of unbranched alkanes of at least 4 members (excludes halogenated alkanes) is 2. The number of methoxy groups -OCH3 is 1. The number of carbonyl (C=O) groups is 2. The SMILES string of the molecule is CC(=O)C(C)C.CCCCC(CCCC)CC(=O)O.CCc1cccc(C2OCc3cccn3-c3ccc(Cl)cc32)c1OC. The van der Waals surface area contributed by atoms with Crippen molar-refractivity contribution in [3.05, 3.63) is 82.1 Å². The smallest absolute Gasteiger partial charge is 0.303 e. The van der Waals surface area contributed by atoms with E-state index in [0.717, 1.165) is 47.5 Å². The lowest BCUT2D eigenvalue weighted by molar-refractivity contribution is -0.138. The van der Waals surface area contributed by atoms with E-state index in [4.69, 9.17) is 26.2 Å². The number of carboxylic acid groups (broad SMARTS) is 1. The molecule has 242 valence electrons. The van der Waals surface area contributed by atoms with Crippen LogP contribution >= 0.6 is 11.6 Å². The number of rotatable bonds is 12. The van der Waals surface area contributed by atoms with Gasteiger partial charge in [0.25, 0.3) is 0 Å². The highest BCUT2D eigenvalue weighted by atomic mass is 35.5. The zero-order valence-corrected chi connectivity index (χ0v) is 28.5. The molecule has 2 heterocycles. The number of carboxylic acids is 1. The highest BCUT2D eigenvalue weighted by molar-refractivity contribution is 6.30. The van der Waals surface area contributed by atoms with Gasteiger partial charge in [-0.05, 0) is 68.0 Å². The first-order valence-corrected chi connectivity index (χ1v) is 16.4. The Balaban J connectivity index is 0.000000299. The maximum atomic E-state index is 10.5. The van der Waals surface area contributed by atoms with E-state index in [0.29, 0.717) is 24.0 Å². The number of ether oxygens (including phenoxy) is 2. The van der Waals surface area contributed by atoms with Crippen molar-refractivity contribution >= 4 is 23.4 Å². The Bertz CT molecular complexity index is 1310. The number of para-hydroxylation sites is 1. The highest BCUT2D eigenvalue weighted by Gasteiger charge is 2.27. The number of ketones is 1. The van der Waals surface area contributed by atoms with Crippen molar-refractivity contribution in [3.8, 4) is 11.4 Å². The molecule has 7 heteroatoms. The molecule has 0 fully saturated rings. The van der Waals surface area contributed by atoms with Crippen LogP contribution in [0.4, 0.5) is 0 Å². The van der Waals surface area contributed by atoms with E-state index in [1.54, 1.807) is 14.0 Å². The molecule has 1 unspecified atom stereocenters. The molecule has 0 saturated heterocycles. The summed E-state index contributed by atoms with van der Waals surface area (Å²) in [6.45, 7) is 12.3. The zero-order valence-electron chi connectivity index (χ0n) is 27.7. The summed E-state index contributed by atoms with van der Waals surface area (Å²) in [4.78, 5) is 20.7. The Hall–Kier alpha value is -3.09. The molecule has 1 aliphatic heterocycles. The van der Waals surface area contributed by atoms with Crippen molar-refractivity contribution in [1.29, 1.82) is 0 Å².